The maximum absolute atomic E-state index is 11.9. The van der Waals surface area contributed by atoms with Crippen LogP contribution in [0.4, 0.5) is 0 Å². The van der Waals surface area contributed by atoms with Crippen LogP contribution < -0.4 is 9.47 Å². The molecule has 3 aromatic carbocycles. The van der Waals surface area contributed by atoms with E-state index < -0.39 is 12.1 Å². The molecule has 6 heteroatoms. The number of benzene rings is 3. The number of aliphatic carboxylic acids is 1. The molecule has 0 fully saturated rings. The molecular weight excluding hydrogens is 416 g/mol. The van der Waals surface area contributed by atoms with Gasteiger partial charge in [-0.05, 0) is 53.8 Å². The van der Waals surface area contributed by atoms with Crippen LogP contribution in [0.5, 0.6) is 11.5 Å². The summed E-state index contributed by atoms with van der Waals surface area (Å²) in [7, 11) is 0. The van der Waals surface area contributed by atoms with Crippen molar-refractivity contribution in [2.24, 2.45) is 0 Å². The highest BCUT2D eigenvalue weighted by Gasteiger charge is 2.22. The molecular formula is C25H21ClO5. The van der Waals surface area contributed by atoms with E-state index in [0.29, 0.717) is 48.0 Å². The maximum Gasteiger partial charge on any atom is 0.344 e. The first-order valence-electron chi connectivity index (χ1n) is 10.0. The van der Waals surface area contributed by atoms with Crippen molar-refractivity contribution in [3.63, 3.8) is 0 Å². The van der Waals surface area contributed by atoms with E-state index in [1.807, 2.05) is 48.5 Å². The number of aryl methyl sites for hydroxylation is 1. The SMILES string of the molecule is O=C1CCOc2cc(OC(CCc3ccc(-c4ccc(Cl)cc4)cc3)C(=O)O)ccc21. The number of carbonyl (C=O) groups is 2. The smallest absolute Gasteiger partial charge is 0.344 e. The van der Waals surface area contributed by atoms with Crippen LogP contribution in [0.1, 0.15) is 28.8 Å². The first-order chi connectivity index (χ1) is 15.0. The molecule has 4 rings (SSSR count). The van der Waals surface area contributed by atoms with Crippen LogP contribution in [0.3, 0.4) is 0 Å². The Morgan fingerprint density at radius 1 is 1.03 bits per heavy atom. The van der Waals surface area contributed by atoms with Gasteiger partial charge in [0.15, 0.2) is 11.9 Å². The highest BCUT2D eigenvalue weighted by atomic mass is 35.5. The molecule has 158 valence electrons. The zero-order chi connectivity index (χ0) is 21.8. The van der Waals surface area contributed by atoms with Crippen molar-refractivity contribution in [3.8, 4) is 22.6 Å². The molecule has 5 nitrogen and oxygen atoms in total. The minimum atomic E-state index is -1.03. The predicted molar refractivity (Wildman–Crippen MR) is 118 cm³/mol. The van der Waals surface area contributed by atoms with E-state index in [1.54, 1.807) is 18.2 Å². The van der Waals surface area contributed by atoms with Gasteiger partial charge in [0, 0.05) is 17.5 Å². The third-order valence-corrected chi connectivity index (χ3v) is 5.47. The van der Waals surface area contributed by atoms with Crippen molar-refractivity contribution in [1.29, 1.82) is 0 Å². The summed E-state index contributed by atoms with van der Waals surface area (Å²) in [4.78, 5) is 23.6. The molecule has 31 heavy (non-hydrogen) atoms. The number of carbonyl (C=O) groups excluding carboxylic acids is 1. The quantitative estimate of drug-likeness (QED) is 0.534. The van der Waals surface area contributed by atoms with Crippen LogP contribution in [0.15, 0.2) is 66.7 Å². The van der Waals surface area contributed by atoms with Crippen LogP contribution in [0, 0.1) is 0 Å². The van der Waals surface area contributed by atoms with E-state index in [0.717, 1.165) is 16.7 Å². The number of hydrogen-bond donors (Lipinski definition) is 1. The maximum atomic E-state index is 11.9. The molecule has 0 aliphatic carbocycles. The van der Waals surface area contributed by atoms with E-state index in [4.69, 9.17) is 21.1 Å². The number of halogens is 1. The van der Waals surface area contributed by atoms with Gasteiger partial charge in [-0.25, -0.2) is 4.79 Å². The Balaban J connectivity index is 1.40. The number of fused-ring (bicyclic) bond motifs is 1. The van der Waals surface area contributed by atoms with E-state index in [9.17, 15) is 14.7 Å². The van der Waals surface area contributed by atoms with Gasteiger partial charge in [0.1, 0.15) is 11.5 Å². The molecule has 3 aromatic rings. The summed E-state index contributed by atoms with van der Waals surface area (Å²) in [6.07, 6.45) is 0.208. The summed E-state index contributed by atoms with van der Waals surface area (Å²) in [6, 6.07) is 20.4. The van der Waals surface area contributed by atoms with Crippen LogP contribution in [-0.4, -0.2) is 29.6 Å². The van der Waals surface area contributed by atoms with E-state index >= 15 is 0 Å². The van der Waals surface area contributed by atoms with Gasteiger partial charge < -0.3 is 14.6 Å². The number of ether oxygens (including phenoxy) is 2. The third-order valence-electron chi connectivity index (χ3n) is 5.22. The lowest BCUT2D eigenvalue weighted by Crippen LogP contribution is -2.27. The number of rotatable bonds is 7. The Morgan fingerprint density at radius 3 is 2.39 bits per heavy atom. The molecule has 0 bridgehead atoms. The molecule has 0 radical (unpaired) electrons. The average Bonchev–Trinajstić information content (AvgIpc) is 2.77. The fraction of sp³-hybridized carbons (Fsp3) is 0.200. The predicted octanol–water partition coefficient (Wildman–Crippen LogP) is 5.44. The van der Waals surface area contributed by atoms with E-state index in [2.05, 4.69) is 0 Å². The molecule has 1 unspecified atom stereocenters. The van der Waals surface area contributed by atoms with Gasteiger partial charge >= 0.3 is 5.97 Å². The lowest BCUT2D eigenvalue weighted by atomic mass is 10.0. The third kappa shape index (κ3) is 5.06. The van der Waals surface area contributed by atoms with Crippen molar-refractivity contribution < 1.29 is 24.2 Å². The fourth-order valence-corrected chi connectivity index (χ4v) is 3.64. The van der Waals surface area contributed by atoms with Crippen LogP contribution >= 0.6 is 11.6 Å². The van der Waals surface area contributed by atoms with Gasteiger partial charge in [0.2, 0.25) is 0 Å². The number of carboxylic acids is 1. The van der Waals surface area contributed by atoms with Crippen LogP contribution in [0.25, 0.3) is 11.1 Å². The molecule has 1 heterocycles. The lowest BCUT2D eigenvalue weighted by molar-refractivity contribution is -0.145. The molecule has 0 aromatic heterocycles. The molecule has 1 aliphatic rings. The summed E-state index contributed by atoms with van der Waals surface area (Å²) in [5, 5.41) is 10.3. The van der Waals surface area contributed by atoms with Crippen molar-refractivity contribution in [2.75, 3.05) is 6.61 Å². The van der Waals surface area contributed by atoms with Crippen molar-refractivity contribution in [1.82, 2.24) is 0 Å². The van der Waals surface area contributed by atoms with E-state index in [-0.39, 0.29) is 5.78 Å². The minimum Gasteiger partial charge on any atom is -0.492 e. The second-order valence-electron chi connectivity index (χ2n) is 7.37. The van der Waals surface area contributed by atoms with E-state index in [1.165, 1.54) is 0 Å². The Bertz CT molecular complexity index is 1090. The zero-order valence-electron chi connectivity index (χ0n) is 16.7. The molecule has 1 atom stereocenters. The number of ketones is 1. The monoisotopic (exact) mass is 436 g/mol. The Hall–Kier alpha value is -3.31. The molecule has 1 aliphatic heterocycles. The second kappa shape index (κ2) is 9.23. The van der Waals surface area contributed by atoms with Crippen LogP contribution in [-0.2, 0) is 11.2 Å². The van der Waals surface area contributed by atoms with Gasteiger partial charge in [-0.15, -0.1) is 0 Å². The van der Waals surface area contributed by atoms with Crippen molar-refractivity contribution >= 4 is 23.4 Å². The number of hydrogen-bond acceptors (Lipinski definition) is 4. The molecule has 0 saturated carbocycles. The van der Waals surface area contributed by atoms with Gasteiger partial charge in [-0.1, -0.05) is 48.0 Å². The Labute approximate surface area is 185 Å². The largest absolute Gasteiger partial charge is 0.492 e. The molecule has 0 amide bonds. The van der Waals surface area contributed by atoms with Gasteiger partial charge in [-0.3, -0.25) is 4.79 Å². The van der Waals surface area contributed by atoms with Gasteiger partial charge in [-0.2, -0.15) is 0 Å². The first-order valence-corrected chi connectivity index (χ1v) is 10.4. The molecule has 0 saturated heterocycles. The van der Waals surface area contributed by atoms with Gasteiger partial charge in [0.25, 0.3) is 0 Å². The van der Waals surface area contributed by atoms with Crippen LogP contribution in [0.2, 0.25) is 5.02 Å². The van der Waals surface area contributed by atoms with Crippen molar-refractivity contribution in [3.05, 3.63) is 82.9 Å². The first kappa shape index (κ1) is 20.9. The van der Waals surface area contributed by atoms with Gasteiger partial charge in [0.05, 0.1) is 12.2 Å². The summed E-state index contributed by atoms with van der Waals surface area (Å²) in [5.74, 6) is -0.202. The Kier molecular flexibility index (Phi) is 6.23. The fourth-order valence-electron chi connectivity index (χ4n) is 3.52. The normalized spacial score (nSPS) is 13.8. The second-order valence-corrected chi connectivity index (χ2v) is 7.80. The minimum absolute atomic E-state index is 0.0182. The number of carboxylic acid groups (broad SMARTS) is 1. The summed E-state index contributed by atoms with van der Waals surface area (Å²) in [5.41, 5.74) is 3.66. The molecule has 1 N–H and O–H groups in total. The lowest BCUT2D eigenvalue weighted by Gasteiger charge is -2.19. The summed E-state index contributed by atoms with van der Waals surface area (Å²) >= 11 is 5.94. The molecule has 0 spiro atoms. The Morgan fingerprint density at radius 2 is 1.71 bits per heavy atom. The standard InChI is InChI=1S/C25H21ClO5/c26-19-8-6-18(7-9-19)17-4-1-16(2-5-17)3-12-23(25(28)29)31-20-10-11-21-22(27)13-14-30-24(21)15-20/h1-2,4-11,15,23H,3,12-14H2,(H,28,29). The highest BCUT2D eigenvalue weighted by Crippen LogP contribution is 2.30. The summed E-state index contributed by atoms with van der Waals surface area (Å²) < 4.78 is 11.2. The average molecular weight is 437 g/mol. The number of Topliss-reactive ketones (excluding diaryl/α,β-unsaturated/α-hetero) is 1. The van der Waals surface area contributed by atoms with Crippen molar-refractivity contribution in [2.45, 2.75) is 25.4 Å². The highest BCUT2D eigenvalue weighted by molar-refractivity contribution is 6.30. The topological polar surface area (TPSA) is 72.8 Å². The zero-order valence-corrected chi connectivity index (χ0v) is 17.5. The summed E-state index contributed by atoms with van der Waals surface area (Å²) in [6.45, 7) is 0.323.